The molecule has 1 N–H and O–H groups in total. The number of carbonyl (C=O) groups is 1. The summed E-state index contributed by atoms with van der Waals surface area (Å²) >= 11 is 13.4. The van der Waals surface area contributed by atoms with Crippen molar-refractivity contribution in [3.8, 4) is 0 Å². The van der Waals surface area contributed by atoms with Crippen molar-refractivity contribution in [2.45, 2.75) is 13.3 Å². The zero-order chi connectivity index (χ0) is 16.9. The molecule has 0 heterocycles. The van der Waals surface area contributed by atoms with Crippen LogP contribution >= 0.6 is 35.0 Å². The molecule has 1 aromatic rings. The van der Waals surface area contributed by atoms with E-state index in [4.69, 9.17) is 27.9 Å². The number of rotatable bonds is 11. The molecule has 1 rings (SSSR count). The summed E-state index contributed by atoms with van der Waals surface area (Å²) in [4.78, 5) is 13.8. The van der Waals surface area contributed by atoms with Crippen molar-refractivity contribution in [3.05, 3.63) is 24.3 Å². The Labute approximate surface area is 152 Å². The van der Waals surface area contributed by atoms with Gasteiger partial charge in [0, 0.05) is 42.0 Å². The van der Waals surface area contributed by atoms with Crippen molar-refractivity contribution < 1.29 is 9.53 Å². The summed E-state index contributed by atoms with van der Waals surface area (Å²) in [6.45, 7) is 4.02. The Balaban J connectivity index is 2.41. The van der Waals surface area contributed by atoms with E-state index in [0.29, 0.717) is 24.1 Å². The molecule has 1 aromatic carbocycles. The van der Waals surface area contributed by atoms with Crippen molar-refractivity contribution >= 4 is 52.4 Å². The predicted octanol–water partition coefficient (Wildman–Crippen LogP) is 4.66. The maximum atomic E-state index is 11.7. The number of thioether (sulfide) groups is 1. The van der Waals surface area contributed by atoms with E-state index in [1.54, 1.807) is 11.8 Å². The molecule has 0 radical (unpaired) electrons. The van der Waals surface area contributed by atoms with E-state index < -0.39 is 6.09 Å². The van der Waals surface area contributed by atoms with E-state index in [2.05, 4.69) is 17.1 Å². The molecule has 0 spiro atoms. The van der Waals surface area contributed by atoms with E-state index in [-0.39, 0.29) is 0 Å². The van der Waals surface area contributed by atoms with Crippen LogP contribution in [0.3, 0.4) is 0 Å². The van der Waals surface area contributed by atoms with Crippen molar-refractivity contribution in [2.24, 2.45) is 0 Å². The normalized spacial score (nSPS) is 10.4. The standard InChI is InChI=1S/C16H24Cl2N2O2S/c1-2-12-23-13-11-22-16(21)19-14-3-5-15(6-4-14)20(9-7-17)10-8-18/h3-6H,2,7-13H2,1H3,(H,19,21). The Kier molecular flexibility index (Phi) is 11.1. The number of carbonyl (C=O) groups excluding carboxylic acids is 1. The third-order valence-electron chi connectivity index (χ3n) is 3.00. The monoisotopic (exact) mass is 378 g/mol. The Morgan fingerprint density at radius 3 is 2.39 bits per heavy atom. The average molecular weight is 379 g/mol. The summed E-state index contributed by atoms with van der Waals surface area (Å²) in [5.41, 5.74) is 1.73. The number of nitrogens with zero attached hydrogens (tertiary/aromatic N) is 1. The Morgan fingerprint density at radius 2 is 1.83 bits per heavy atom. The molecule has 4 nitrogen and oxygen atoms in total. The van der Waals surface area contributed by atoms with Crippen LogP contribution in [0.1, 0.15) is 13.3 Å². The average Bonchev–Trinajstić information content (AvgIpc) is 2.55. The minimum absolute atomic E-state index is 0.423. The predicted molar refractivity (Wildman–Crippen MR) is 103 cm³/mol. The van der Waals surface area contributed by atoms with Gasteiger partial charge in [-0.2, -0.15) is 11.8 Å². The third kappa shape index (κ3) is 8.58. The summed E-state index contributed by atoms with van der Waals surface area (Å²) < 4.78 is 5.13. The van der Waals surface area contributed by atoms with E-state index in [0.717, 1.165) is 36.7 Å². The SMILES string of the molecule is CCCSCCOC(=O)Nc1ccc(N(CCCl)CCCl)cc1. The van der Waals surface area contributed by atoms with Crippen molar-refractivity contribution in [1.82, 2.24) is 0 Å². The highest BCUT2D eigenvalue weighted by Gasteiger charge is 2.07. The van der Waals surface area contributed by atoms with Gasteiger partial charge in [-0.3, -0.25) is 5.32 Å². The fourth-order valence-electron chi connectivity index (χ4n) is 1.92. The fourth-order valence-corrected chi connectivity index (χ4v) is 3.03. The van der Waals surface area contributed by atoms with Gasteiger partial charge in [0.15, 0.2) is 0 Å². The molecule has 0 bridgehead atoms. The lowest BCUT2D eigenvalue weighted by atomic mass is 10.2. The Hall–Kier alpha value is -0.780. The molecule has 0 atom stereocenters. The van der Waals surface area contributed by atoms with Gasteiger partial charge in [0.05, 0.1) is 0 Å². The highest BCUT2D eigenvalue weighted by atomic mass is 35.5. The van der Waals surface area contributed by atoms with Gasteiger partial charge >= 0.3 is 6.09 Å². The summed E-state index contributed by atoms with van der Waals surface area (Å²) in [6.07, 6.45) is 0.710. The first-order chi connectivity index (χ1) is 11.2. The number of halogens is 2. The molecular formula is C16H24Cl2N2O2S. The highest BCUT2D eigenvalue weighted by molar-refractivity contribution is 7.99. The molecule has 130 valence electrons. The van der Waals surface area contributed by atoms with Gasteiger partial charge in [-0.05, 0) is 36.4 Å². The summed E-state index contributed by atoms with van der Waals surface area (Å²) in [7, 11) is 0. The topological polar surface area (TPSA) is 41.6 Å². The molecule has 0 aromatic heterocycles. The summed E-state index contributed by atoms with van der Waals surface area (Å²) in [6, 6.07) is 7.56. The number of nitrogens with one attached hydrogen (secondary N) is 1. The third-order valence-corrected chi connectivity index (χ3v) is 4.49. The van der Waals surface area contributed by atoms with E-state index >= 15 is 0 Å². The lowest BCUT2D eigenvalue weighted by Crippen LogP contribution is -2.27. The molecule has 0 aliphatic heterocycles. The van der Waals surface area contributed by atoms with Crippen LogP contribution < -0.4 is 10.2 Å². The second kappa shape index (κ2) is 12.6. The van der Waals surface area contributed by atoms with E-state index in [1.165, 1.54) is 0 Å². The molecular weight excluding hydrogens is 355 g/mol. The van der Waals surface area contributed by atoms with Gasteiger partial charge in [0.25, 0.3) is 0 Å². The van der Waals surface area contributed by atoms with Gasteiger partial charge < -0.3 is 9.64 Å². The molecule has 0 aliphatic carbocycles. The molecule has 0 fully saturated rings. The van der Waals surface area contributed by atoms with Crippen molar-refractivity contribution in [2.75, 3.05) is 53.2 Å². The quantitative estimate of drug-likeness (QED) is 0.448. The minimum atomic E-state index is -0.423. The van der Waals surface area contributed by atoms with Gasteiger partial charge in [0.2, 0.25) is 0 Å². The lowest BCUT2D eigenvalue weighted by Gasteiger charge is -2.23. The van der Waals surface area contributed by atoms with Crippen LogP contribution in [0.2, 0.25) is 0 Å². The molecule has 23 heavy (non-hydrogen) atoms. The summed E-state index contributed by atoms with van der Waals surface area (Å²) in [5, 5.41) is 2.72. The minimum Gasteiger partial charge on any atom is -0.448 e. The summed E-state index contributed by atoms with van der Waals surface area (Å²) in [5.74, 6) is 3.00. The van der Waals surface area contributed by atoms with Gasteiger partial charge in [-0.1, -0.05) is 6.92 Å². The largest absolute Gasteiger partial charge is 0.448 e. The number of benzene rings is 1. The maximum Gasteiger partial charge on any atom is 0.411 e. The van der Waals surface area contributed by atoms with Crippen LogP contribution in [0.4, 0.5) is 16.2 Å². The van der Waals surface area contributed by atoms with Crippen LogP contribution in [0, 0.1) is 0 Å². The highest BCUT2D eigenvalue weighted by Crippen LogP contribution is 2.18. The van der Waals surface area contributed by atoms with Gasteiger partial charge in [-0.25, -0.2) is 4.79 Å². The fraction of sp³-hybridized carbons (Fsp3) is 0.562. The molecule has 0 saturated carbocycles. The molecule has 0 unspecified atom stereocenters. The molecule has 0 aliphatic rings. The second-order valence-electron chi connectivity index (χ2n) is 4.79. The number of anilines is 2. The Morgan fingerprint density at radius 1 is 1.17 bits per heavy atom. The first-order valence-electron chi connectivity index (χ1n) is 7.69. The first kappa shape index (κ1) is 20.3. The number of ether oxygens (including phenoxy) is 1. The van der Waals surface area contributed by atoms with E-state index in [9.17, 15) is 4.79 Å². The van der Waals surface area contributed by atoms with Crippen LogP contribution in [0.5, 0.6) is 0 Å². The Bertz CT molecular complexity index is 440. The zero-order valence-corrected chi connectivity index (χ0v) is 15.7. The second-order valence-corrected chi connectivity index (χ2v) is 6.77. The number of hydrogen-bond donors (Lipinski definition) is 1. The van der Waals surface area contributed by atoms with Crippen molar-refractivity contribution in [1.29, 1.82) is 0 Å². The maximum absolute atomic E-state index is 11.7. The van der Waals surface area contributed by atoms with Gasteiger partial charge in [-0.15, -0.1) is 23.2 Å². The lowest BCUT2D eigenvalue weighted by molar-refractivity contribution is 0.169. The number of alkyl halides is 2. The van der Waals surface area contributed by atoms with Crippen LogP contribution in [0.15, 0.2) is 24.3 Å². The van der Waals surface area contributed by atoms with Crippen molar-refractivity contribution in [3.63, 3.8) is 0 Å². The van der Waals surface area contributed by atoms with Gasteiger partial charge in [0.1, 0.15) is 6.61 Å². The van der Waals surface area contributed by atoms with E-state index in [1.807, 2.05) is 24.3 Å². The molecule has 7 heteroatoms. The first-order valence-corrected chi connectivity index (χ1v) is 9.92. The van der Waals surface area contributed by atoms with Crippen LogP contribution in [-0.4, -0.2) is 49.1 Å². The number of hydrogen-bond acceptors (Lipinski definition) is 4. The molecule has 1 amide bonds. The molecule has 0 saturated heterocycles. The smallest absolute Gasteiger partial charge is 0.411 e. The van der Waals surface area contributed by atoms with Crippen LogP contribution in [0.25, 0.3) is 0 Å². The zero-order valence-electron chi connectivity index (χ0n) is 13.4. The van der Waals surface area contributed by atoms with Crippen LogP contribution in [-0.2, 0) is 4.74 Å². The number of amides is 1.